The Morgan fingerprint density at radius 3 is 2.76 bits per heavy atom. The average Bonchev–Trinajstić information content (AvgIpc) is 2.83. The normalized spacial score (nSPS) is 22.5. The van der Waals surface area contributed by atoms with Crippen LogP contribution in [0.3, 0.4) is 0 Å². The fourth-order valence-electron chi connectivity index (χ4n) is 2.88. The molecule has 0 aromatic carbocycles. The Bertz CT molecular complexity index is 769. The lowest BCUT2D eigenvalue weighted by atomic mass is 10.1. The van der Waals surface area contributed by atoms with E-state index < -0.39 is 11.3 Å². The number of nitrogens with zero attached hydrogens (tertiary/aromatic N) is 3. The highest BCUT2D eigenvalue weighted by molar-refractivity contribution is 8.01. The SMILES string of the molecule is CC(=O)NC1S[C@@H]2CC(=O)N2C(C(=O)[O-])=C1CSc1n(C)cc[n+]1C. The van der Waals surface area contributed by atoms with Crippen LogP contribution in [0.25, 0.3) is 0 Å². The molecule has 134 valence electrons. The maximum absolute atomic E-state index is 11.9. The smallest absolute Gasteiger partial charge is 0.317 e. The highest BCUT2D eigenvalue weighted by Gasteiger charge is 2.46. The molecule has 3 rings (SSSR count). The predicted molar refractivity (Wildman–Crippen MR) is 89.8 cm³/mol. The van der Waals surface area contributed by atoms with E-state index >= 15 is 0 Å². The standard InChI is InChI=1S/C15H18N4O4S2/c1-8(20)16-13-9(7-24-15-17(2)4-5-18(15)3)12(14(22)23)19-10(21)6-11(19)25-13/h4-5,11,13H,6-7H2,1-3H3,(H-,16,20,22,23)/t11-,13?/m1/s1. The molecule has 1 aromatic heterocycles. The quantitative estimate of drug-likeness (QED) is 0.387. The number of aliphatic carboxylic acids is 1. The highest BCUT2D eigenvalue weighted by Crippen LogP contribution is 2.44. The van der Waals surface area contributed by atoms with Crippen molar-refractivity contribution in [3.8, 4) is 0 Å². The van der Waals surface area contributed by atoms with Gasteiger partial charge in [-0.05, 0) is 17.3 Å². The first-order valence-electron chi connectivity index (χ1n) is 7.62. The molecule has 0 aliphatic carbocycles. The number of hydrogen-bond donors (Lipinski definition) is 1. The first kappa shape index (κ1) is 17.9. The molecule has 1 fully saturated rings. The molecular weight excluding hydrogens is 364 g/mol. The number of imidazole rings is 1. The van der Waals surface area contributed by atoms with Gasteiger partial charge in [-0.25, -0.2) is 9.13 Å². The summed E-state index contributed by atoms with van der Waals surface area (Å²) in [6.45, 7) is 1.39. The van der Waals surface area contributed by atoms with Crippen molar-refractivity contribution in [1.82, 2.24) is 14.8 Å². The van der Waals surface area contributed by atoms with Gasteiger partial charge in [0.1, 0.15) is 17.8 Å². The second-order valence-corrected chi connectivity index (χ2v) is 8.12. The molecule has 0 bridgehead atoms. The second-order valence-electron chi connectivity index (χ2n) is 5.89. The minimum Gasteiger partial charge on any atom is -0.543 e. The van der Waals surface area contributed by atoms with E-state index in [2.05, 4.69) is 5.32 Å². The molecule has 0 spiro atoms. The van der Waals surface area contributed by atoms with Gasteiger partial charge in [0.25, 0.3) is 0 Å². The van der Waals surface area contributed by atoms with Gasteiger partial charge < -0.3 is 15.2 Å². The van der Waals surface area contributed by atoms with Gasteiger partial charge in [-0.3, -0.25) is 14.5 Å². The summed E-state index contributed by atoms with van der Waals surface area (Å²) in [7, 11) is 3.79. The van der Waals surface area contributed by atoms with Crippen LogP contribution in [-0.4, -0.2) is 43.8 Å². The number of aromatic nitrogens is 2. The minimum absolute atomic E-state index is 0.108. The molecule has 8 nitrogen and oxygen atoms in total. The Hall–Kier alpha value is -1.94. The van der Waals surface area contributed by atoms with Crippen molar-refractivity contribution in [1.29, 1.82) is 0 Å². The molecule has 1 saturated heterocycles. The van der Waals surface area contributed by atoms with Gasteiger partial charge in [0.05, 0.1) is 37.6 Å². The van der Waals surface area contributed by atoms with Gasteiger partial charge in [-0.15, -0.1) is 11.8 Å². The van der Waals surface area contributed by atoms with Crippen LogP contribution in [-0.2, 0) is 28.5 Å². The lowest BCUT2D eigenvalue weighted by Crippen LogP contribution is -2.59. The van der Waals surface area contributed by atoms with Gasteiger partial charge in [0, 0.05) is 12.7 Å². The zero-order chi connectivity index (χ0) is 18.3. The van der Waals surface area contributed by atoms with Gasteiger partial charge in [-0.2, -0.15) is 0 Å². The maximum atomic E-state index is 11.9. The largest absolute Gasteiger partial charge is 0.543 e. The molecule has 0 saturated carbocycles. The summed E-state index contributed by atoms with van der Waals surface area (Å²) in [5.41, 5.74) is 0.374. The Morgan fingerprint density at radius 2 is 2.24 bits per heavy atom. The van der Waals surface area contributed by atoms with Crippen LogP contribution in [0.4, 0.5) is 0 Å². The van der Waals surface area contributed by atoms with Gasteiger partial charge in [-0.1, -0.05) is 0 Å². The van der Waals surface area contributed by atoms with Crippen molar-refractivity contribution in [2.45, 2.75) is 29.2 Å². The molecule has 2 aliphatic heterocycles. The Balaban J connectivity index is 1.95. The monoisotopic (exact) mass is 382 g/mol. The first-order valence-corrected chi connectivity index (χ1v) is 9.55. The zero-order valence-corrected chi connectivity index (χ0v) is 15.6. The minimum atomic E-state index is -1.39. The summed E-state index contributed by atoms with van der Waals surface area (Å²) in [5, 5.41) is 14.7. The van der Waals surface area contributed by atoms with E-state index in [4.69, 9.17) is 0 Å². The van der Waals surface area contributed by atoms with Crippen molar-refractivity contribution in [2.24, 2.45) is 14.1 Å². The summed E-state index contributed by atoms with van der Waals surface area (Å²) in [4.78, 5) is 36.4. The molecular formula is C15H18N4O4S2. The molecule has 1 aromatic rings. The van der Waals surface area contributed by atoms with Crippen LogP contribution < -0.4 is 15.0 Å². The first-order chi connectivity index (χ1) is 11.8. The van der Waals surface area contributed by atoms with E-state index in [1.165, 1.54) is 35.3 Å². The molecule has 25 heavy (non-hydrogen) atoms. The van der Waals surface area contributed by atoms with E-state index in [1.54, 1.807) is 0 Å². The van der Waals surface area contributed by atoms with Crippen molar-refractivity contribution in [3.63, 3.8) is 0 Å². The van der Waals surface area contributed by atoms with Crippen molar-refractivity contribution < 1.29 is 24.1 Å². The number of aryl methyl sites for hydroxylation is 2. The fourth-order valence-corrected chi connectivity index (χ4v) is 5.60. The highest BCUT2D eigenvalue weighted by atomic mass is 32.2. The fraction of sp³-hybridized carbons (Fsp3) is 0.467. The Labute approximate surface area is 153 Å². The molecule has 2 aliphatic rings. The van der Waals surface area contributed by atoms with Crippen LogP contribution in [0.2, 0.25) is 0 Å². The number of fused-ring (bicyclic) bond motifs is 1. The zero-order valence-electron chi connectivity index (χ0n) is 14.0. The summed E-state index contributed by atoms with van der Waals surface area (Å²) in [5.74, 6) is -1.55. The molecule has 2 atom stereocenters. The number of carbonyl (C=O) groups excluding carboxylic acids is 3. The van der Waals surface area contributed by atoms with E-state index in [9.17, 15) is 19.5 Å². The summed E-state index contributed by atoms with van der Waals surface area (Å²) < 4.78 is 3.84. The third-order valence-electron chi connectivity index (χ3n) is 4.06. The number of hydrogen-bond acceptors (Lipinski definition) is 6. The number of rotatable bonds is 5. The number of amides is 2. The van der Waals surface area contributed by atoms with E-state index in [-0.39, 0.29) is 29.3 Å². The van der Waals surface area contributed by atoms with E-state index in [1.807, 2.05) is 35.6 Å². The lowest BCUT2D eigenvalue weighted by molar-refractivity contribution is -0.709. The van der Waals surface area contributed by atoms with Crippen LogP contribution >= 0.6 is 23.5 Å². The second kappa shape index (κ2) is 6.75. The molecule has 0 radical (unpaired) electrons. The third-order valence-corrected chi connectivity index (χ3v) is 6.72. The molecule has 3 heterocycles. The van der Waals surface area contributed by atoms with Crippen molar-refractivity contribution >= 4 is 41.3 Å². The number of carboxylic acid groups (broad SMARTS) is 1. The van der Waals surface area contributed by atoms with Crippen molar-refractivity contribution in [3.05, 3.63) is 23.7 Å². The molecule has 2 amide bonds. The number of carbonyl (C=O) groups is 3. The van der Waals surface area contributed by atoms with Gasteiger partial charge in [0.2, 0.25) is 11.8 Å². The van der Waals surface area contributed by atoms with Crippen LogP contribution in [0.1, 0.15) is 13.3 Å². The number of carboxylic acids is 1. The van der Waals surface area contributed by atoms with E-state index in [0.717, 1.165) is 5.16 Å². The lowest BCUT2D eigenvalue weighted by Gasteiger charge is -2.48. The molecule has 10 heteroatoms. The van der Waals surface area contributed by atoms with Gasteiger partial charge in [0.15, 0.2) is 0 Å². The van der Waals surface area contributed by atoms with Crippen LogP contribution in [0, 0.1) is 0 Å². The maximum Gasteiger partial charge on any atom is 0.317 e. The summed E-state index contributed by atoms with van der Waals surface area (Å²) in [6.07, 6.45) is 4.06. The summed E-state index contributed by atoms with van der Waals surface area (Å²) >= 11 is 2.83. The number of β-lactam (4-membered cyclic amide) rings is 1. The topological polar surface area (TPSA) is 98.3 Å². The molecule has 1 N–H and O–H groups in total. The molecule has 1 unspecified atom stereocenters. The third kappa shape index (κ3) is 3.28. The van der Waals surface area contributed by atoms with Gasteiger partial charge >= 0.3 is 5.16 Å². The van der Waals surface area contributed by atoms with Crippen LogP contribution in [0.15, 0.2) is 28.8 Å². The average molecular weight is 382 g/mol. The van der Waals surface area contributed by atoms with Crippen molar-refractivity contribution in [2.75, 3.05) is 5.75 Å². The number of nitrogens with one attached hydrogen (secondary N) is 1. The Morgan fingerprint density at radius 1 is 1.52 bits per heavy atom. The Kier molecular flexibility index (Phi) is 4.83. The predicted octanol–water partition coefficient (Wildman–Crippen LogP) is -1.29. The number of thioether (sulfide) groups is 2. The van der Waals surface area contributed by atoms with E-state index in [0.29, 0.717) is 11.3 Å². The van der Waals surface area contributed by atoms with Crippen LogP contribution in [0.5, 0.6) is 0 Å². The summed E-state index contributed by atoms with van der Waals surface area (Å²) in [6, 6.07) is 0.